The molecular weight excluding hydrogens is 360 g/mol. The Bertz CT molecular complexity index is 883. The van der Waals surface area contributed by atoms with Crippen LogP contribution >= 0.6 is 0 Å². The molecule has 28 heavy (non-hydrogen) atoms. The van der Waals surface area contributed by atoms with E-state index in [9.17, 15) is 14.4 Å². The minimum atomic E-state index is -0.334. The maximum Gasteiger partial charge on any atom is 0.265 e. The van der Waals surface area contributed by atoms with Crippen molar-refractivity contribution in [1.82, 2.24) is 15.6 Å². The number of fused-ring (bicyclic) bond motifs is 1. The fourth-order valence-electron chi connectivity index (χ4n) is 2.82. The minimum absolute atomic E-state index is 0.0345. The van der Waals surface area contributed by atoms with Crippen LogP contribution in [0.2, 0.25) is 0 Å². The van der Waals surface area contributed by atoms with E-state index in [1.165, 1.54) is 4.90 Å². The molecule has 1 aromatic heterocycles. The Kier molecular flexibility index (Phi) is 5.88. The number of aromatic nitrogens is 1. The van der Waals surface area contributed by atoms with Gasteiger partial charge in [-0.15, -0.1) is 0 Å². The third-order valence-corrected chi connectivity index (χ3v) is 4.09. The molecule has 0 unspecified atom stereocenters. The normalized spacial score (nSPS) is 13.0. The van der Waals surface area contributed by atoms with E-state index in [2.05, 4.69) is 15.6 Å². The van der Waals surface area contributed by atoms with E-state index in [-0.39, 0.29) is 36.9 Å². The van der Waals surface area contributed by atoms with Gasteiger partial charge in [-0.3, -0.25) is 24.3 Å². The van der Waals surface area contributed by atoms with Gasteiger partial charge < -0.3 is 15.4 Å². The topological polar surface area (TPSA) is 101 Å². The van der Waals surface area contributed by atoms with E-state index in [4.69, 9.17) is 4.74 Å². The van der Waals surface area contributed by atoms with Gasteiger partial charge in [0.15, 0.2) is 6.61 Å². The second-order valence-corrected chi connectivity index (χ2v) is 6.72. The first-order valence-corrected chi connectivity index (χ1v) is 8.97. The molecule has 2 heterocycles. The number of anilines is 1. The quantitative estimate of drug-likeness (QED) is 0.783. The van der Waals surface area contributed by atoms with Gasteiger partial charge in [0.2, 0.25) is 5.91 Å². The minimum Gasteiger partial charge on any atom is -0.482 e. The summed E-state index contributed by atoms with van der Waals surface area (Å²) in [6.07, 6.45) is 3.34. The number of hydrogen-bond donors (Lipinski definition) is 2. The summed E-state index contributed by atoms with van der Waals surface area (Å²) in [5.74, 6) is -0.445. The van der Waals surface area contributed by atoms with Crippen LogP contribution in [0.25, 0.3) is 0 Å². The number of benzene rings is 1. The molecular formula is C20H22N4O4. The number of carbonyl (C=O) groups is 3. The monoisotopic (exact) mass is 382 g/mol. The van der Waals surface area contributed by atoms with Crippen LogP contribution in [0.15, 0.2) is 42.7 Å². The van der Waals surface area contributed by atoms with Gasteiger partial charge in [-0.1, -0.05) is 6.07 Å². The maximum atomic E-state index is 12.5. The molecule has 1 aliphatic rings. The van der Waals surface area contributed by atoms with E-state index in [1.807, 2.05) is 19.9 Å². The molecule has 2 N–H and O–H groups in total. The van der Waals surface area contributed by atoms with E-state index in [0.29, 0.717) is 23.5 Å². The zero-order valence-corrected chi connectivity index (χ0v) is 15.8. The lowest BCUT2D eigenvalue weighted by Crippen LogP contribution is -2.46. The van der Waals surface area contributed by atoms with Crippen LogP contribution in [0.3, 0.4) is 0 Å². The Morgan fingerprint density at radius 1 is 1.29 bits per heavy atom. The summed E-state index contributed by atoms with van der Waals surface area (Å²) in [7, 11) is 0. The Hall–Kier alpha value is -3.42. The molecule has 0 fully saturated rings. The summed E-state index contributed by atoms with van der Waals surface area (Å²) in [4.78, 5) is 42.3. The molecule has 146 valence electrons. The molecule has 0 atom stereocenters. The van der Waals surface area contributed by atoms with Crippen molar-refractivity contribution in [2.45, 2.75) is 26.4 Å². The Morgan fingerprint density at radius 2 is 2.11 bits per heavy atom. The van der Waals surface area contributed by atoms with E-state index < -0.39 is 0 Å². The van der Waals surface area contributed by atoms with Crippen molar-refractivity contribution in [2.24, 2.45) is 0 Å². The molecule has 1 aliphatic heterocycles. The third-order valence-electron chi connectivity index (χ3n) is 4.09. The van der Waals surface area contributed by atoms with E-state index >= 15 is 0 Å². The predicted octanol–water partition coefficient (Wildman–Crippen LogP) is 1.26. The highest BCUT2D eigenvalue weighted by molar-refractivity contribution is 6.04. The van der Waals surface area contributed by atoms with Gasteiger partial charge in [-0.05, 0) is 43.7 Å². The first-order valence-electron chi connectivity index (χ1n) is 8.97. The molecule has 2 aromatic rings. The first kappa shape index (κ1) is 19.3. The second kappa shape index (κ2) is 8.51. The zero-order valence-electron chi connectivity index (χ0n) is 15.8. The van der Waals surface area contributed by atoms with Crippen LogP contribution in [0.5, 0.6) is 5.75 Å². The summed E-state index contributed by atoms with van der Waals surface area (Å²) in [5.41, 5.74) is 1.65. The van der Waals surface area contributed by atoms with Crippen LogP contribution in [0, 0.1) is 0 Å². The maximum absolute atomic E-state index is 12.5. The van der Waals surface area contributed by atoms with Gasteiger partial charge in [0.1, 0.15) is 12.3 Å². The van der Waals surface area contributed by atoms with E-state index in [0.717, 1.165) is 5.56 Å². The van der Waals surface area contributed by atoms with Gasteiger partial charge in [-0.25, -0.2) is 0 Å². The second-order valence-electron chi connectivity index (χ2n) is 6.72. The summed E-state index contributed by atoms with van der Waals surface area (Å²) in [6.45, 7) is 3.75. The molecule has 1 aromatic carbocycles. The molecule has 0 bridgehead atoms. The van der Waals surface area contributed by atoms with Gasteiger partial charge in [0.25, 0.3) is 11.8 Å². The van der Waals surface area contributed by atoms with Crippen molar-refractivity contribution < 1.29 is 19.1 Å². The first-order chi connectivity index (χ1) is 13.4. The van der Waals surface area contributed by atoms with Crippen LogP contribution in [0.1, 0.15) is 29.8 Å². The Morgan fingerprint density at radius 3 is 2.82 bits per heavy atom. The van der Waals surface area contributed by atoms with Crippen molar-refractivity contribution in [2.75, 3.05) is 18.1 Å². The number of amides is 3. The number of hydrogen-bond acceptors (Lipinski definition) is 5. The average Bonchev–Trinajstić information content (AvgIpc) is 2.68. The van der Waals surface area contributed by atoms with Crippen LogP contribution in [-0.2, 0) is 16.1 Å². The van der Waals surface area contributed by atoms with Gasteiger partial charge in [0, 0.05) is 30.5 Å². The fraction of sp³-hybridized carbons (Fsp3) is 0.300. The number of nitrogens with one attached hydrogen (secondary N) is 2. The predicted molar refractivity (Wildman–Crippen MR) is 103 cm³/mol. The standard InChI is InChI=1S/C20H22N4O4/c1-13(2)23-18(25)11-24-16-8-15(5-6-17(16)28-12-19(24)26)20(27)22-10-14-4-3-7-21-9-14/h3-9,13H,10-12H2,1-2H3,(H,22,27)(H,23,25). The summed E-state index contributed by atoms with van der Waals surface area (Å²) < 4.78 is 5.43. The molecule has 3 rings (SSSR count). The fourth-order valence-corrected chi connectivity index (χ4v) is 2.82. The summed E-state index contributed by atoms with van der Waals surface area (Å²) in [5, 5.41) is 5.57. The highest BCUT2D eigenvalue weighted by atomic mass is 16.5. The highest BCUT2D eigenvalue weighted by Gasteiger charge is 2.28. The molecule has 3 amide bonds. The van der Waals surface area contributed by atoms with Crippen LogP contribution in [0.4, 0.5) is 5.69 Å². The zero-order chi connectivity index (χ0) is 20.1. The van der Waals surface area contributed by atoms with Crippen molar-refractivity contribution >= 4 is 23.4 Å². The van der Waals surface area contributed by atoms with Gasteiger partial charge >= 0.3 is 0 Å². The molecule has 8 nitrogen and oxygen atoms in total. The number of carbonyl (C=O) groups excluding carboxylic acids is 3. The lowest BCUT2D eigenvalue weighted by atomic mass is 10.1. The molecule has 0 aliphatic carbocycles. The van der Waals surface area contributed by atoms with E-state index in [1.54, 1.807) is 36.7 Å². The molecule has 0 saturated heterocycles. The van der Waals surface area contributed by atoms with Gasteiger partial charge in [0.05, 0.1) is 5.69 Å². The molecule has 0 saturated carbocycles. The molecule has 0 radical (unpaired) electrons. The molecule has 8 heteroatoms. The number of pyridine rings is 1. The number of nitrogens with zero attached hydrogens (tertiary/aromatic N) is 2. The number of ether oxygens (including phenoxy) is 1. The smallest absolute Gasteiger partial charge is 0.265 e. The Labute approximate surface area is 162 Å². The van der Waals surface area contributed by atoms with Crippen molar-refractivity contribution in [3.8, 4) is 5.75 Å². The van der Waals surface area contributed by atoms with Gasteiger partial charge in [-0.2, -0.15) is 0 Å². The van der Waals surface area contributed by atoms with Crippen molar-refractivity contribution in [1.29, 1.82) is 0 Å². The largest absolute Gasteiger partial charge is 0.482 e. The van der Waals surface area contributed by atoms with Crippen molar-refractivity contribution in [3.05, 3.63) is 53.9 Å². The van der Waals surface area contributed by atoms with Crippen LogP contribution < -0.4 is 20.3 Å². The number of rotatable bonds is 6. The summed E-state index contributed by atoms with van der Waals surface area (Å²) in [6, 6.07) is 8.44. The Balaban J connectivity index is 1.76. The molecule has 0 spiro atoms. The lowest BCUT2D eigenvalue weighted by molar-refractivity contribution is -0.125. The average molecular weight is 382 g/mol. The lowest BCUT2D eigenvalue weighted by Gasteiger charge is -2.29. The summed E-state index contributed by atoms with van der Waals surface area (Å²) >= 11 is 0. The highest BCUT2D eigenvalue weighted by Crippen LogP contribution is 2.32. The SMILES string of the molecule is CC(C)NC(=O)CN1C(=O)COc2ccc(C(=O)NCc3cccnc3)cc21. The van der Waals surface area contributed by atoms with Crippen molar-refractivity contribution in [3.63, 3.8) is 0 Å². The third kappa shape index (κ3) is 4.64. The van der Waals surface area contributed by atoms with Crippen LogP contribution in [-0.4, -0.2) is 41.9 Å².